The van der Waals surface area contributed by atoms with E-state index in [0.29, 0.717) is 5.95 Å². The molecule has 0 saturated heterocycles. The van der Waals surface area contributed by atoms with E-state index in [2.05, 4.69) is 36.1 Å². The van der Waals surface area contributed by atoms with Crippen molar-refractivity contribution in [1.29, 1.82) is 5.26 Å². The van der Waals surface area contributed by atoms with Crippen LogP contribution in [0.25, 0.3) is 0 Å². The monoisotopic (exact) mass is 190 g/mol. The number of hydrogen-bond donors (Lipinski definition) is 1. The molecule has 4 heteroatoms. The summed E-state index contributed by atoms with van der Waals surface area (Å²) in [6.45, 7) is 6.55. The van der Waals surface area contributed by atoms with Crippen LogP contribution in [0.1, 0.15) is 26.3 Å². The molecular formula is C10H14N4. The highest BCUT2D eigenvalue weighted by Crippen LogP contribution is 2.20. The highest BCUT2D eigenvalue weighted by molar-refractivity contribution is 5.28. The van der Waals surface area contributed by atoms with Crippen molar-refractivity contribution in [3.05, 3.63) is 18.0 Å². The summed E-state index contributed by atoms with van der Waals surface area (Å²) >= 11 is 0. The number of nitriles is 1. The van der Waals surface area contributed by atoms with Crippen molar-refractivity contribution in [1.82, 2.24) is 9.97 Å². The van der Waals surface area contributed by atoms with E-state index in [1.54, 1.807) is 12.4 Å². The maximum Gasteiger partial charge on any atom is 0.223 e. The zero-order chi connectivity index (χ0) is 10.6. The van der Waals surface area contributed by atoms with Crippen molar-refractivity contribution >= 4 is 5.95 Å². The van der Waals surface area contributed by atoms with Gasteiger partial charge < -0.3 is 5.32 Å². The van der Waals surface area contributed by atoms with Crippen LogP contribution in [0.3, 0.4) is 0 Å². The molecule has 0 aliphatic rings. The van der Waals surface area contributed by atoms with Gasteiger partial charge in [0.1, 0.15) is 6.54 Å². The quantitative estimate of drug-likeness (QED) is 0.721. The molecule has 0 fully saturated rings. The molecule has 0 saturated carbocycles. The molecule has 0 amide bonds. The first kappa shape index (κ1) is 10.5. The molecule has 0 spiro atoms. The Labute approximate surface area is 84.0 Å². The zero-order valence-electron chi connectivity index (χ0n) is 8.70. The average Bonchev–Trinajstić information content (AvgIpc) is 2.14. The third-order valence-electron chi connectivity index (χ3n) is 1.84. The topological polar surface area (TPSA) is 61.6 Å². The Morgan fingerprint density at radius 1 is 1.36 bits per heavy atom. The molecule has 74 valence electrons. The minimum Gasteiger partial charge on any atom is -0.341 e. The lowest BCUT2D eigenvalue weighted by atomic mass is 9.89. The Morgan fingerprint density at radius 3 is 2.36 bits per heavy atom. The predicted octanol–water partition coefficient (Wildman–Crippen LogP) is 1.71. The van der Waals surface area contributed by atoms with Gasteiger partial charge in [-0.3, -0.25) is 0 Å². The Hall–Kier alpha value is -1.63. The summed E-state index contributed by atoms with van der Waals surface area (Å²) in [7, 11) is 0. The first-order chi connectivity index (χ1) is 6.54. The summed E-state index contributed by atoms with van der Waals surface area (Å²) in [5.41, 5.74) is 1.15. The van der Waals surface area contributed by atoms with Gasteiger partial charge in [-0.15, -0.1) is 0 Å². The number of aromatic nitrogens is 2. The van der Waals surface area contributed by atoms with E-state index >= 15 is 0 Å². The maximum absolute atomic E-state index is 8.34. The van der Waals surface area contributed by atoms with E-state index in [1.807, 2.05) is 6.07 Å². The number of anilines is 1. The van der Waals surface area contributed by atoms with E-state index in [9.17, 15) is 0 Å². The van der Waals surface area contributed by atoms with Crippen molar-refractivity contribution in [2.24, 2.45) is 0 Å². The lowest BCUT2D eigenvalue weighted by Crippen LogP contribution is -2.13. The molecule has 0 unspecified atom stereocenters. The highest BCUT2D eigenvalue weighted by atomic mass is 15.1. The van der Waals surface area contributed by atoms with Crippen LogP contribution in [0, 0.1) is 11.3 Å². The van der Waals surface area contributed by atoms with Gasteiger partial charge in [-0.2, -0.15) is 5.26 Å². The van der Waals surface area contributed by atoms with Gasteiger partial charge >= 0.3 is 0 Å². The largest absolute Gasteiger partial charge is 0.341 e. The van der Waals surface area contributed by atoms with Gasteiger partial charge in [-0.05, 0) is 11.0 Å². The van der Waals surface area contributed by atoms with Crippen molar-refractivity contribution in [2.45, 2.75) is 26.2 Å². The summed E-state index contributed by atoms with van der Waals surface area (Å²) in [5.74, 6) is 0.500. The fourth-order valence-electron chi connectivity index (χ4n) is 0.925. The second-order valence-electron chi connectivity index (χ2n) is 4.06. The van der Waals surface area contributed by atoms with Crippen molar-refractivity contribution in [2.75, 3.05) is 11.9 Å². The summed E-state index contributed by atoms with van der Waals surface area (Å²) in [6, 6.07) is 1.97. The summed E-state index contributed by atoms with van der Waals surface area (Å²) in [5, 5.41) is 11.1. The van der Waals surface area contributed by atoms with Crippen LogP contribution >= 0.6 is 0 Å². The van der Waals surface area contributed by atoms with Gasteiger partial charge in [0.05, 0.1) is 6.07 Å². The molecule has 0 radical (unpaired) electrons. The average molecular weight is 190 g/mol. The molecule has 4 nitrogen and oxygen atoms in total. The van der Waals surface area contributed by atoms with Crippen LogP contribution in [-0.2, 0) is 5.41 Å². The number of hydrogen-bond acceptors (Lipinski definition) is 4. The number of nitrogens with one attached hydrogen (secondary N) is 1. The SMILES string of the molecule is CC(C)(C)c1cnc(NCC#N)nc1. The van der Waals surface area contributed by atoms with Crippen LogP contribution in [0.5, 0.6) is 0 Å². The van der Waals surface area contributed by atoms with Crippen molar-refractivity contribution in [3.63, 3.8) is 0 Å². The van der Waals surface area contributed by atoms with Crippen LogP contribution in [-0.4, -0.2) is 16.5 Å². The van der Waals surface area contributed by atoms with Gasteiger partial charge in [-0.25, -0.2) is 9.97 Å². The van der Waals surface area contributed by atoms with Crippen LogP contribution in [0.15, 0.2) is 12.4 Å². The second kappa shape index (κ2) is 4.05. The van der Waals surface area contributed by atoms with Crippen LogP contribution < -0.4 is 5.32 Å². The fourth-order valence-corrected chi connectivity index (χ4v) is 0.925. The normalized spacial score (nSPS) is 10.7. The third kappa shape index (κ3) is 2.70. The van der Waals surface area contributed by atoms with Crippen LogP contribution in [0.4, 0.5) is 5.95 Å². The van der Waals surface area contributed by atoms with E-state index < -0.39 is 0 Å². The Morgan fingerprint density at radius 2 is 1.93 bits per heavy atom. The molecule has 0 atom stereocenters. The molecule has 1 aromatic heterocycles. The summed E-state index contributed by atoms with van der Waals surface area (Å²) in [6.07, 6.45) is 3.57. The minimum absolute atomic E-state index is 0.0633. The van der Waals surface area contributed by atoms with Crippen molar-refractivity contribution < 1.29 is 0 Å². The highest BCUT2D eigenvalue weighted by Gasteiger charge is 2.14. The van der Waals surface area contributed by atoms with E-state index in [-0.39, 0.29) is 12.0 Å². The molecule has 0 bridgehead atoms. The Kier molecular flexibility index (Phi) is 3.03. The molecule has 1 rings (SSSR count). The number of rotatable bonds is 2. The molecule has 1 aromatic rings. The molecule has 0 aliphatic carbocycles. The van der Waals surface area contributed by atoms with Gasteiger partial charge in [0, 0.05) is 12.4 Å². The van der Waals surface area contributed by atoms with Gasteiger partial charge in [0.25, 0.3) is 0 Å². The maximum atomic E-state index is 8.34. The fraction of sp³-hybridized carbons (Fsp3) is 0.500. The first-order valence-electron chi connectivity index (χ1n) is 4.47. The second-order valence-corrected chi connectivity index (χ2v) is 4.06. The Bertz CT molecular complexity index is 329. The van der Waals surface area contributed by atoms with Gasteiger partial charge in [0.2, 0.25) is 5.95 Å². The molecule has 0 aromatic carbocycles. The molecule has 0 aliphatic heterocycles. The van der Waals surface area contributed by atoms with Crippen LogP contribution in [0.2, 0.25) is 0 Å². The minimum atomic E-state index is 0.0633. The van der Waals surface area contributed by atoms with Gasteiger partial charge in [0.15, 0.2) is 0 Å². The third-order valence-corrected chi connectivity index (χ3v) is 1.84. The van der Waals surface area contributed by atoms with Gasteiger partial charge in [-0.1, -0.05) is 20.8 Å². The number of nitrogens with zero attached hydrogens (tertiary/aromatic N) is 3. The van der Waals surface area contributed by atoms with E-state index in [0.717, 1.165) is 5.56 Å². The summed E-state index contributed by atoms with van der Waals surface area (Å²) in [4.78, 5) is 8.22. The zero-order valence-corrected chi connectivity index (χ0v) is 8.70. The van der Waals surface area contributed by atoms with Crippen molar-refractivity contribution in [3.8, 4) is 6.07 Å². The van der Waals surface area contributed by atoms with E-state index in [1.165, 1.54) is 0 Å². The molecule has 1 heterocycles. The lowest BCUT2D eigenvalue weighted by Gasteiger charge is -2.17. The van der Waals surface area contributed by atoms with E-state index in [4.69, 9.17) is 5.26 Å². The smallest absolute Gasteiger partial charge is 0.223 e. The molecule has 1 N–H and O–H groups in total. The first-order valence-corrected chi connectivity index (χ1v) is 4.47. The summed E-state index contributed by atoms with van der Waals surface area (Å²) < 4.78 is 0. The molecule has 14 heavy (non-hydrogen) atoms. The lowest BCUT2D eigenvalue weighted by molar-refractivity contribution is 0.584. The predicted molar refractivity (Wildman–Crippen MR) is 54.8 cm³/mol. The molecular weight excluding hydrogens is 176 g/mol. The Balaban J connectivity index is 2.75. The standard InChI is InChI=1S/C10H14N4/c1-10(2,3)8-6-13-9(14-7-8)12-5-4-11/h6-7H,5H2,1-3H3,(H,12,13,14).